The molecule has 84 valence electrons. The van der Waals surface area contributed by atoms with Gasteiger partial charge in [0, 0.05) is 12.7 Å². The zero-order chi connectivity index (χ0) is 11.7. The summed E-state index contributed by atoms with van der Waals surface area (Å²) in [6, 6.07) is 1.77. The van der Waals surface area contributed by atoms with Crippen molar-refractivity contribution in [1.29, 1.82) is 0 Å². The van der Waals surface area contributed by atoms with Crippen LogP contribution in [-0.2, 0) is 6.54 Å². The molecule has 16 heavy (non-hydrogen) atoms. The molecule has 0 amide bonds. The Morgan fingerprint density at radius 1 is 1.38 bits per heavy atom. The number of hydrogen-bond acceptors (Lipinski definition) is 3. The first-order valence-electron chi connectivity index (χ1n) is 4.68. The van der Waals surface area contributed by atoms with Gasteiger partial charge >= 0.3 is 0 Å². The number of aryl methyl sites for hydroxylation is 1. The fraction of sp³-hybridized carbons (Fsp3) is 0.200. The Bertz CT molecular complexity index is 502. The summed E-state index contributed by atoms with van der Waals surface area (Å²) in [5.74, 6) is 0.550. The Morgan fingerprint density at radius 3 is 2.62 bits per heavy atom. The third-order valence-electron chi connectivity index (χ3n) is 2.17. The van der Waals surface area contributed by atoms with Crippen molar-refractivity contribution in [2.24, 2.45) is 5.73 Å². The van der Waals surface area contributed by atoms with E-state index in [1.165, 1.54) is 0 Å². The quantitative estimate of drug-likeness (QED) is 0.898. The zero-order valence-corrected chi connectivity index (χ0v) is 10.1. The Labute approximate surface area is 103 Å². The van der Waals surface area contributed by atoms with Crippen LogP contribution in [0.1, 0.15) is 11.3 Å². The van der Waals surface area contributed by atoms with Crippen molar-refractivity contribution in [3.05, 3.63) is 39.8 Å². The predicted molar refractivity (Wildman–Crippen MR) is 64.0 cm³/mol. The van der Waals surface area contributed by atoms with Crippen LogP contribution < -0.4 is 5.73 Å². The minimum atomic E-state index is 0.409. The third kappa shape index (κ3) is 2.04. The van der Waals surface area contributed by atoms with Gasteiger partial charge in [-0.25, -0.2) is 9.67 Å². The molecule has 0 aliphatic carbocycles. The van der Waals surface area contributed by atoms with Gasteiger partial charge in [0.2, 0.25) is 0 Å². The van der Waals surface area contributed by atoms with Gasteiger partial charge in [0.25, 0.3) is 0 Å². The molecule has 0 atom stereocenters. The van der Waals surface area contributed by atoms with Crippen LogP contribution in [0, 0.1) is 6.92 Å². The van der Waals surface area contributed by atoms with E-state index in [4.69, 9.17) is 28.9 Å². The lowest BCUT2D eigenvalue weighted by Crippen LogP contribution is -2.03. The molecular formula is C10H10Cl2N4. The first-order chi connectivity index (χ1) is 7.61. The van der Waals surface area contributed by atoms with Crippen LogP contribution in [-0.4, -0.2) is 14.8 Å². The number of pyridine rings is 1. The van der Waals surface area contributed by atoms with Gasteiger partial charge in [-0.1, -0.05) is 23.2 Å². The molecule has 2 N–H and O–H groups in total. The number of nitrogens with zero attached hydrogens (tertiary/aromatic N) is 3. The summed E-state index contributed by atoms with van der Waals surface area (Å²) in [5.41, 5.74) is 7.11. The molecule has 0 unspecified atom stereocenters. The number of rotatable bonds is 2. The maximum absolute atomic E-state index is 6.08. The van der Waals surface area contributed by atoms with Crippen LogP contribution >= 0.6 is 23.2 Å². The first kappa shape index (κ1) is 11.4. The Balaban J connectivity index is 2.48. The minimum Gasteiger partial charge on any atom is -0.326 e. The van der Waals surface area contributed by atoms with Crippen LogP contribution in [0.4, 0.5) is 0 Å². The number of hydrogen-bond donors (Lipinski definition) is 1. The average molecular weight is 257 g/mol. The van der Waals surface area contributed by atoms with Crippen LogP contribution in [0.5, 0.6) is 0 Å². The van der Waals surface area contributed by atoms with Gasteiger partial charge in [0.05, 0.1) is 21.9 Å². The van der Waals surface area contributed by atoms with Gasteiger partial charge in [-0.15, -0.1) is 0 Å². The van der Waals surface area contributed by atoms with Gasteiger partial charge in [-0.05, 0) is 18.6 Å². The van der Waals surface area contributed by atoms with Crippen molar-refractivity contribution in [2.75, 3.05) is 0 Å². The van der Waals surface area contributed by atoms with E-state index in [0.717, 1.165) is 11.3 Å². The lowest BCUT2D eigenvalue weighted by Gasteiger charge is -2.04. The van der Waals surface area contributed by atoms with Crippen molar-refractivity contribution in [2.45, 2.75) is 13.5 Å². The minimum absolute atomic E-state index is 0.409. The molecule has 6 heteroatoms. The van der Waals surface area contributed by atoms with Gasteiger partial charge < -0.3 is 5.73 Å². The summed E-state index contributed by atoms with van der Waals surface area (Å²) >= 11 is 12.0. The number of nitrogens with two attached hydrogens (primary N) is 1. The molecule has 0 radical (unpaired) electrons. The van der Waals surface area contributed by atoms with Crippen LogP contribution in [0.3, 0.4) is 0 Å². The zero-order valence-electron chi connectivity index (χ0n) is 8.61. The van der Waals surface area contributed by atoms with Crippen molar-refractivity contribution in [1.82, 2.24) is 14.8 Å². The van der Waals surface area contributed by atoms with E-state index in [-0.39, 0.29) is 0 Å². The molecule has 0 aliphatic rings. The first-order valence-corrected chi connectivity index (χ1v) is 5.44. The highest BCUT2D eigenvalue weighted by Crippen LogP contribution is 2.21. The highest BCUT2D eigenvalue weighted by molar-refractivity contribution is 6.32. The van der Waals surface area contributed by atoms with E-state index in [0.29, 0.717) is 22.4 Å². The lowest BCUT2D eigenvalue weighted by molar-refractivity contribution is 0.829. The normalized spacial score (nSPS) is 10.8. The van der Waals surface area contributed by atoms with Crippen molar-refractivity contribution >= 4 is 23.2 Å². The lowest BCUT2D eigenvalue weighted by atomic mass is 10.3. The molecule has 0 aromatic carbocycles. The third-order valence-corrected chi connectivity index (χ3v) is 2.82. The SMILES string of the molecule is Cc1nn(-c2ncc(CN)cc2Cl)cc1Cl. The topological polar surface area (TPSA) is 56.7 Å². The highest BCUT2D eigenvalue weighted by atomic mass is 35.5. The fourth-order valence-corrected chi connectivity index (χ4v) is 1.70. The standard InChI is InChI=1S/C10H10Cl2N4/c1-6-9(12)5-16(15-6)10-8(11)2-7(3-13)4-14-10/h2,4-5H,3,13H2,1H3. The number of aromatic nitrogens is 3. The molecular weight excluding hydrogens is 247 g/mol. The van der Waals surface area contributed by atoms with Gasteiger partial charge in [0.15, 0.2) is 5.82 Å². The molecule has 2 rings (SSSR count). The molecule has 0 spiro atoms. The molecule has 2 aromatic heterocycles. The summed E-state index contributed by atoms with van der Waals surface area (Å²) in [6.07, 6.45) is 3.35. The highest BCUT2D eigenvalue weighted by Gasteiger charge is 2.09. The molecule has 2 aromatic rings. The Kier molecular flexibility index (Phi) is 3.14. The second-order valence-corrected chi connectivity index (χ2v) is 4.17. The molecule has 0 bridgehead atoms. The second-order valence-electron chi connectivity index (χ2n) is 3.36. The molecule has 0 fully saturated rings. The van der Waals surface area contributed by atoms with Crippen molar-refractivity contribution < 1.29 is 0 Å². The molecule has 0 saturated carbocycles. The fourth-order valence-electron chi connectivity index (χ4n) is 1.30. The molecule has 4 nitrogen and oxygen atoms in total. The Morgan fingerprint density at radius 2 is 2.12 bits per heavy atom. The van der Waals surface area contributed by atoms with E-state index in [2.05, 4.69) is 10.1 Å². The summed E-state index contributed by atoms with van der Waals surface area (Å²) in [5, 5.41) is 5.29. The van der Waals surface area contributed by atoms with Crippen LogP contribution in [0.25, 0.3) is 5.82 Å². The van der Waals surface area contributed by atoms with Gasteiger partial charge in [0.1, 0.15) is 0 Å². The van der Waals surface area contributed by atoms with E-state index in [1.54, 1.807) is 23.1 Å². The predicted octanol–water partition coefficient (Wildman–Crippen LogP) is 2.34. The van der Waals surface area contributed by atoms with Crippen molar-refractivity contribution in [3.8, 4) is 5.82 Å². The van der Waals surface area contributed by atoms with E-state index < -0.39 is 0 Å². The van der Waals surface area contributed by atoms with Crippen LogP contribution in [0.15, 0.2) is 18.5 Å². The van der Waals surface area contributed by atoms with Gasteiger partial charge in [-0.2, -0.15) is 5.10 Å². The maximum atomic E-state index is 6.08. The van der Waals surface area contributed by atoms with Gasteiger partial charge in [-0.3, -0.25) is 0 Å². The monoisotopic (exact) mass is 256 g/mol. The van der Waals surface area contributed by atoms with E-state index in [9.17, 15) is 0 Å². The maximum Gasteiger partial charge on any atom is 0.172 e. The van der Waals surface area contributed by atoms with Crippen molar-refractivity contribution in [3.63, 3.8) is 0 Å². The summed E-state index contributed by atoms with van der Waals surface area (Å²) < 4.78 is 1.56. The summed E-state index contributed by atoms with van der Waals surface area (Å²) in [6.45, 7) is 2.23. The number of halogens is 2. The summed E-state index contributed by atoms with van der Waals surface area (Å²) in [7, 11) is 0. The second kappa shape index (κ2) is 4.41. The smallest absolute Gasteiger partial charge is 0.172 e. The van der Waals surface area contributed by atoms with E-state index in [1.807, 2.05) is 6.92 Å². The molecule has 2 heterocycles. The Hall–Kier alpha value is -1.10. The molecule has 0 aliphatic heterocycles. The van der Waals surface area contributed by atoms with Crippen LogP contribution in [0.2, 0.25) is 10.0 Å². The average Bonchev–Trinajstić information content (AvgIpc) is 2.58. The van der Waals surface area contributed by atoms with E-state index >= 15 is 0 Å². The largest absolute Gasteiger partial charge is 0.326 e. The summed E-state index contributed by atoms with van der Waals surface area (Å²) in [4.78, 5) is 4.20. The molecule has 0 saturated heterocycles.